The van der Waals surface area contributed by atoms with Crippen LogP contribution in [0.15, 0.2) is 48.5 Å². The van der Waals surface area contributed by atoms with Crippen LogP contribution in [-0.4, -0.2) is 29.4 Å². The molecule has 0 saturated heterocycles. The third-order valence-corrected chi connectivity index (χ3v) is 15.8. The Bertz CT molecular complexity index is 807. The van der Waals surface area contributed by atoms with Gasteiger partial charge in [0.05, 0.1) is 0 Å². The molecule has 0 aliphatic carbocycles. The molecule has 0 amide bonds. The Balaban J connectivity index is 0.00000544. The molecule has 0 saturated carbocycles. The molecule has 2 radical (unpaired) electrons. The second-order valence-electron chi connectivity index (χ2n) is 13.0. The molecule has 0 aliphatic rings. The Morgan fingerprint density at radius 3 is 0.970 bits per heavy atom. The van der Waals surface area contributed by atoms with Crippen molar-refractivity contribution in [3.8, 4) is 0 Å². The topological polar surface area (TPSA) is 0 Å². The summed E-state index contributed by atoms with van der Waals surface area (Å²) in [5.41, 5.74) is 0. The Morgan fingerprint density at radius 2 is 0.727 bits per heavy atom. The van der Waals surface area contributed by atoms with E-state index in [1.54, 1.807) is 21.0 Å². The molecule has 0 spiro atoms. The Morgan fingerprint density at radius 1 is 0.485 bits per heavy atom. The van der Waals surface area contributed by atoms with Crippen LogP contribution in [0.3, 0.4) is 0 Å². The monoisotopic (exact) mass is 682 g/mol. The van der Waals surface area contributed by atoms with Crippen LogP contribution < -0.4 is 21.0 Å². The average Bonchev–Trinajstić information content (AvgIpc) is 2.57. The molecule has 0 unspecified atom stereocenters. The second-order valence-corrected chi connectivity index (χ2v) is 23.0. The first-order chi connectivity index (χ1) is 14.4. The van der Waals surface area contributed by atoms with Crippen molar-refractivity contribution in [3.05, 3.63) is 48.5 Å². The van der Waals surface area contributed by atoms with Gasteiger partial charge in [0.25, 0.3) is 0 Å². The van der Waals surface area contributed by atoms with Gasteiger partial charge in [0.15, 0.2) is 0 Å². The summed E-state index contributed by atoms with van der Waals surface area (Å²) in [4.78, 5) is 0. The van der Waals surface area contributed by atoms with Gasteiger partial charge in [-0.05, 0) is 41.6 Å². The molecule has 0 aliphatic heterocycles. The first kappa shape index (κ1) is 31.2. The van der Waals surface area contributed by atoms with Gasteiger partial charge < -0.3 is 0 Å². The molecule has 0 atom stereocenters. The molecular formula is C29H51IrP2Si. The number of hydrogen-bond donors (Lipinski definition) is 0. The van der Waals surface area contributed by atoms with Crippen molar-refractivity contribution in [3.63, 3.8) is 0 Å². The van der Waals surface area contributed by atoms with E-state index in [-0.39, 0.29) is 56.6 Å². The van der Waals surface area contributed by atoms with E-state index in [4.69, 9.17) is 0 Å². The third-order valence-electron chi connectivity index (χ3n) is 5.78. The van der Waals surface area contributed by atoms with Crippen LogP contribution in [0.4, 0.5) is 0 Å². The van der Waals surface area contributed by atoms with Crippen molar-refractivity contribution in [1.82, 2.24) is 0 Å². The predicted octanol–water partition coefficient (Wildman–Crippen LogP) is 6.26. The SMILES string of the molecule is C[Si](c1ccccc1P(C(C)(C)C)C(C)(C)C)c1ccccc1P(C(C)(C)C)C(C)(C)C.[IrH4]. The van der Waals surface area contributed by atoms with Crippen LogP contribution in [-0.2, 0) is 20.1 Å². The summed E-state index contributed by atoms with van der Waals surface area (Å²) < 4.78 is 0. The normalized spacial score (nSPS) is 13.6. The van der Waals surface area contributed by atoms with Gasteiger partial charge in [-0.3, -0.25) is 0 Å². The van der Waals surface area contributed by atoms with Gasteiger partial charge in [-0.25, -0.2) is 0 Å². The number of hydrogen-bond acceptors (Lipinski definition) is 0. The van der Waals surface area contributed by atoms with E-state index in [0.717, 1.165) is 0 Å². The quantitative estimate of drug-likeness (QED) is 0.264. The van der Waals surface area contributed by atoms with Gasteiger partial charge in [0.2, 0.25) is 0 Å². The van der Waals surface area contributed by atoms with Crippen molar-refractivity contribution in [2.75, 3.05) is 0 Å². The fraction of sp³-hybridized carbons (Fsp3) is 0.586. The molecular weight excluding hydrogens is 631 g/mol. The van der Waals surface area contributed by atoms with E-state index < -0.39 is 8.80 Å². The summed E-state index contributed by atoms with van der Waals surface area (Å²) in [6.45, 7) is 31.8. The Kier molecular flexibility index (Phi) is 10.4. The van der Waals surface area contributed by atoms with Gasteiger partial charge in [0.1, 0.15) is 8.80 Å². The van der Waals surface area contributed by atoms with Crippen LogP contribution in [0.2, 0.25) is 6.55 Å². The van der Waals surface area contributed by atoms with E-state index in [2.05, 4.69) is 138 Å². The molecule has 190 valence electrons. The maximum absolute atomic E-state index is 2.54. The zero-order valence-electron chi connectivity index (χ0n) is 23.5. The van der Waals surface area contributed by atoms with Crippen LogP contribution in [0, 0.1) is 0 Å². The summed E-state index contributed by atoms with van der Waals surface area (Å²) in [5, 5.41) is 7.60. The van der Waals surface area contributed by atoms with Gasteiger partial charge in [-0.2, -0.15) is 0 Å². The zero-order valence-corrected chi connectivity index (χ0v) is 29.5. The summed E-state index contributed by atoms with van der Waals surface area (Å²) >= 11 is 0. The van der Waals surface area contributed by atoms with Crippen molar-refractivity contribution in [2.45, 2.75) is 110 Å². The number of rotatable bonds is 4. The third kappa shape index (κ3) is 7.57. The molecule has 4 heteroatoms. The molecule has 0 nitrogen and oxygen atoms in total. The molecule has 0 heterocycles. The van der Waals surface area contributed by atoms with Gasteiger partial charge in [0, 0.05) is 0 Å². The zero-order chi connectivity index (χ0) is 24.7. The van der Waals surface area contributed by atoms with Crippen molar-refractivity contribution >= 4 is 45.6 Å². The van der Waals surface area contributed by atoms with Crippen LogP contribution in [0.1, 0.15) is 83.1 Å². The van der Waals surface area contributed by atoms with E-state index in [1.807, 2.05) is 0 Å². The fourth-order valence-electron chi connectivity index (χ4n) is 5.57. The van der Waals surface area contributed by atoms with E-state index in [9.17, 15) is 0 Å². The molecule has 2 aromatic carbocycles. The minimum absolute atomic E-state index is 0. The first-order valence-corrected chi connectivity index (χ1v) is 16.7. The fourth-order valence-corrected chi connectivity index (χ4v) is 17.2. The van der Waals surface area contributed by atoms with Crippen molar-refractivity contribution in [2.24, 2.45) is 0 Å². The predicted molar refractivity (Wildman–Crippen MR) is 161 cm³/mol. The minimum atomic E-state index is -0.899. The maximum atomic E-state index is 2.54. The van der Waals surface area contributed by atoms with E-state index >= 15 is 0 Å². The molecule has 0 fully saturated rings. The van der Waals surface area contributed by atoms with E-state index in [1.165, 1.54) is 0 Å². The molecule has 0 bridgehead atoms. The van der Waals surface area contributed by atoms with Crippen LogP contribution in [0.25, 0.3) is 0 Å². The summed E-state index contributed by atoms with van der Waals surface area (Å²) in [6, 6.07) is 18.9. The standard InChI is InChI=1S/C29H47P2Si.Ir.4H/c1-26(2,3)30(27(4,5)6)22-18-14-16-20-24(22)32(13)25-21-17-15-19-23(25)31(28(7,8)9)29(10,11)12;;;;;/h14-21H,1-13H3;;;;;. The molecule has 2 aromatic rings. The second kappa shape index (κ2) is 11.1. The van der Waals surface area contributed by atoms with E-state index in [0.29, 0.717) is 0 Å². The van der Waals surface area contributed by atoms with Crippen LogP contribution >= 0.6 is 15.8 Å². The summed E-state index contributed by atoms with van der Waals surface area (Å²) in [5.74, 6) is 0. The van der Waals surface area contributed by atoms with Gasteiger partial charge in [-0.1, -0.05) is 154 Å². The average molecular weight is 682 g/mol. The molecule has 33 heavy (non-hydrogen) atoms. The number of benzene rings is 2. The molecule has 2 rings (SSSR count). The summed E-state index contributed by atoms with van der Waals surface area (Å²) in [6.07, 6.45) is 0. The Hall–Kier alpha value is 0.166. The molecule has 0 aromatic heterocycles. The van der Waals surface area contributed by atoms with Gasteiger partial charge in [-0.15, -0.1) is 0 Å². The Labute approximate surface area is 223 Å². The summed E-state index contributed by atoms with van der Waals surface area (Å²) in [7, 11) is -1.54. The van der Waals surface area contributed by atoms with Crippen molar-refractivity contribution in [1.29, 1.82) is 0 Å². The van der Waals surface area contributed by atoms with Gasteiger partial charge >= 0.3 is 20.1 Å². The van der Waals surface area contributed by atoms with Crippen LogP contribution in [0.5, 0.6) is 0 Å². The first-order valence-electron chi connectivity index (χ1n) is 12.0. The molecule has 0 N–H and O–H groups in total. The van der Waals surface area contributed by atoms with Crippen molar-refractivity contribution < 1.29 is 20.1 Å².